The first kappa shape index (κ1) is 33.3. The Morgan fingerprint density at radius 3 is 1.24 bits per heavy atom. The summed E-state index contributed by atoms with van der Waals surface area (Å²) < 4.78 is 0. The molecule has 45 heavy (non-hydrogen) atoms. The summed E-state index contributed by atoms with van der Waals surface area (Å²) in [5.41, 5.74) is 6.06. The third-order valence-electron chi connectivity index (χ3n) is 7.76. The van der Waals surface area contributed by atoms with E-state index in [1.807, 2.05) is 54.6 Å². The molecule has 0 radical (unpaired) electrons. The second-order valence-corrected chi connectivity index (χ2v) is 13.0. The van der Waals surface area contributed by atoms with E-state index in [4.69, 9.17) is 46.4 Å². The van der Waals surface area contributed by atoms with Crippen molar-refractivity contribution in [3.63, 3.8) is 0 Å². The molecule has 0 aliphatic heterocycles. The van der Waals surface area contributed by atoms with Gasteiger partial charge < -0.3 is 0 Å². The van der Waals surface area contributed by atoms with Crippen LogP contribution in [0.3, 0.4) is 0 Å². The number of rotatable bonds is 14. The fourth-order valence-electron chi connectivity index (χ4n) is 5.35. The number of hydrogen-bond donors (Lipinski definition) is 0. The van der Waals surface area contributed by atoms with Gasteiger partial charge in [-0.2, -0.15) is 0 Å². The molecule has 0 amide bonds. The van der Waals surface area contributed by atoms with Gasteiger partial charge in [0.05, 0.1) is 0 Å². The lowest BCUT2D eigenvalue weighted by Gasteiger charge is -2.32. The zero-order valence-corrected chi connectivity index (χ0v) is 28.0. The monoisotopic (exact) mass is 672 g/mol. The zero-order valence-electron chi connectivity index (χ0n) is 25.0. The van der Waals surface area contributed by atoms with E-state index >= 15 is 0 Å². The summed E-state index contributed by atoms with van der Waals surface area (Å²) in [7, 11) is 0. The van der Waals surface area contributed by atoms with Crippen LogP contribution >= 0.6 is 46.4 Å². The molecular formula is C39H36Cl4N2. The Hall–Kier alpha value is -3.08. The molecule has 230 valence electrons. The number of benzene rings is 5. The number of hydrogen-bond acceptors (Lipinski definition) is 2. The van der Waals surface area contributed by atoms with E-state index in [9.17, 15) is 0 Å². The smallest absolute Gasteiger partial charge is 0.0406 e. The van der Waals surface area contributed by atoms with Crippen molar-refractivity contribution in [1.82, 2.24) is 9.80 Å². The van der Waals surface area contributed by atoms with Crippen molar-refractivity contribution in [3.05, 3.63) is 181 Å². The number of halogens is 4. The van der Waals surface area contributed by atoms with Gasteiger partial charge >= 0.3 is 0 Å². The zero-order chi connectivity index (χ0) is 31.4. The molecule has 0 bridgehead atoms. The Labute approximate surface area is 287 Å². The highest BCUT2D eigenvalue weighted by atomic mass is 35.5. The van der Waals surface area contributed by atoms with Crippen molar-refractivity contribution in [1.29, 1.82) is 0 Å². The average molecular weight is 675 g/mol. The molecule has 0 N–H and O–H groups in total. The lowest BCUT2D eigenvalue weighted by molar-refractivity contribution is 0.171. The van der Waals surface area contributed by atoms with Crippen LogP contribution in [-0.4, -0.2) is 22.4 Å². The standard InChI is InChI=1S/C39H36Cl4N2/c40-35-15-6-31(7-16-35)26-44(27-32-8-17-36(41)18-9-32)25-24-39(23-14-30-4-2-1-3-5-30)45(28-33-10-19-37(42)20-11-33)29-34-12-21-38(43)22-13-34/h1-23,39H,24-29H2/b23-14+/t39-/m1/s1. The van der Waals surface area contributed by atoms with Gasteiger partial charge in [0, 0.05) is 58.9 Å². The minimum atomic E-state index is 0.148. The molecule has 0 heterocycles. The van der Waals surface area contributed by atoms with E-state index in [1.165, 1.54) is 27.8 Å². The van der Waals surface area contributed by atoms with Crippen LogP contribution in [0.5, 0.6) is 0 Å². The molecule has 5 rings (SSSR count). The third-order valence-corrected chi connectivity index (χ3v) is 8.77. The summed E-state index contributed by atoms with van der Waals surface area (Å²) in [6.45, 7) is 4.05. The van der Waals surface area contributed by atoms with Gasteiger partial charge in [-0.3, -0.25) is 9.80 Å². The van der Waals surface area contributed by atoms with Crippen molar-refractivity contribution in [2.24, 2.45) is 0 Å². The fraction of sp³-hybridized carbons (Fsp3) is 0.179. The Morgan fingerprint density at radius 1 is 0.467 bits per heavy atom. The quantitative estimate of drug-likeness (QED) is 0.116. The molecule has 0 fully saturated rings. The SMILES string of the molecule is Clc1ccc(CN(CC[C@@H](/C=C/c2ccccc2)N(Cc2ccc(Cl)cc2)Cc2ccc(Cl)cc2)Cc2ccc(Cl)cc2)cc1. The highest BCUT2D eigenvalue weighted by molar-refractivity contribution is 6.31. The second-order valence-electron chi connectivity index (χ2n) is 11.2. The van der Waals surface area contributed by atoms with Gasteiger partial charge in [-0.05, 0) is 82.8 Å². The van der Waals surface area contributed by atoms with Crippen LogP contribution < -0.4 is 0 Å². The van der Waals surface area contributed by atoms with Crippen molar-refractivity contribution in [3.8, 4) is 0 Å². The maximum Gasteiger partial charge on any atom is 0.0406 e. The first-order chi connectivity index (χ1) is 21.9. The molecule has 2 nitrogen and oxygen atoms in total. The van der Waals surface area contributed by atoms with Crippen molar-refractivity contribution >= 4 is 52.5 Å². The predicted octanol–water partition coefficient (Wildman–Crippen LogP) is 11.5. The Balaban J connectivity index is 1.44. The van der Waals surface area contributed by atoms with Crippen LogP contribution in [0, 0.1) is 0 Å². The van der Waals surface area contributed by atoms with Gasteiger partial charge in [0.1, 0.15) is 0 Å². The summed E-state index contributed by atoms with van der Waals surface area (Å²) in [4.78, 5) is 5.03. The minimum absolute atomic E-state index is 0.148. The first-order valence-corrected chi connectivity index (χ1v) is 16.6. The fourth-order valence-corrected chi connectivity index (χ4v) is 5.85. The maximum absolute atomic E-state index is 6.25. The van der Waals surface area contributed by atoms with Crippen molar-refractivity contribution < 1.29 is 0 Å². The molecule has 6 heteroatoms. The van der Waals surface area contributed by atoms with Crippen LogP contribution in [0.4, 0.5) is 0 Å². The van der Waals surface area contributed by atoms with E-state index in [1.54, 1.807) is 0 Å². The van der Waals surface area contributed by atoms with Crippen LogP contribution in [-0.2, 0) is 26.2 Å². The summed E-state index contributed by atoms with van der Waals surface area (Å²) in [6, 6.07) is 43.2. The van der Waals surface area contributed by atoms with Gasteiger partial charge in [-0.15, -0.1) is 0 Å². The Bertz CT molecular complexity index is 1520. The molecule has 0 unspecified atom stereocenters. The van der Waals surface area contributed by atoms with E-state index < -0.39 is 0 Å². The third kappa shape index (κ3) is 11.0. The van der Waals surface area contributed by atoms with Gasteiger partial charge in [0.15, 0.2) is 0 Å². The summed E-state index contributed by atoms with van der Waals surface area (Å²) in [5, 5.41) is 2.97. The van der Waals surface area contributed by atoms with Gasteiger partial charge in [0.25, 0.3) is 0 Å². The molecule has 1 atom stereocenters. The van der Waals surface area contributed by atoms with E-state index in [0.29, 0.717) is 0 Å². The molecule has 0 spiro atoms. The molecule has 0 aliphatic carbocycles. The van der Waals surface area contributed by atoms with Gasteiger partial charge in [-0.1, -0.05) is 137 Å². The lowest BCUT2D eigenvalue weighted by Crippen LogP contribution is -2.36. The topological polar surface area (TPSA) is 6.48 Å². The van der Waals surface area contributed by atoms with E-state index in [0.717, 1.165) is 59.2 Å². The highest BCUT2D eigenvalue weighted by Crippen LogP contribution is 2.22. The van der Waals surface area contributed by atoms with Crippen LogP contribution in [0.25, 0.3) is 6.08 Å². The molecule has 5 aromatic rings. The molecule has 0 saturated heterocycles. The minimum Gasteiger partial charge on any atom is -0.295 e. The van der Waals surface area contributed by atoms with Crippen molar-refractivity contribution in [2.75, 3.05) is 6.54 Å². The van der Waals surface area contributed by atoms with Crippen LogP contribution in [0.1, 0.15) is 34.2 Å². The van der Waals surface area contributed by atoms with Crippen LogP contribution in [0.15, 0.2) is 133 Å². The summed E-state index contributed by atoms with van der Waals surface area (Å²) in [5.74, 6) is 0. The summed E-state index contributed by atoms with van der Waals surface area (Å²) in [6.07, 6.45) is 5.51. The maximum atomic E-state index is 6.25. The molecule has 5 aromatic carbocycles. The number of nitrogens with zero attached hydrogens (tertiary/aromatic N) is 2. The second kappa shape index (κ2) is 17.0. The lowest BCUT2D eigenvalue weighted by atomic mass is 10.0. The van der Waals surface area contributed by atoms with E-state index in [2.05, 4.69) is 94.7 Å². The molecular weight excluding hydrogens is 638 g/mol. The van der Waals surface area contributed by atoms with Crippen LogP contribution in [0.2, 0.25) is 20.1 Å². The highest BCUT2D eigenvalue weighted by Gasteiger charge is 2.19. The Kier molecular flexibility index (Phi) is 12.6. The first-order valence-electron chi connectivity index (χ1n) is 15.1. The predicted molar refractivity (Wildman–Crippen MR) is 193 cm³/mol. The normalized spacial score (nSPS) is 12.3. The Morgan fingerprint density at radius 2 is 0.844 bits per heavy atom. The van der Waals surface area contributed by atoms with Crippen molar-refractivity contribution in [2.45, 2.75) is 38.6 Å². The van der Waals surface area contributed by atoms with Gasteiger partial charge in [-0.25, -0.2) is 0 Å². The van der Waals surface area contributed by atoms with E-state index in [-0.39, 0.29) is 6.04 Å². The largest absolute Gasteiger partial charge is 0.295 e. The molecule has 0 saturated carbocycles. The van der Waals surface area contributed by atoms with Gasteiger partial charge in [0.2, 0.25) is 0 Å². The molecule has 0 aromatic heterocycles. The average Bonchev–Trinajstić information content (AvgIpc) is 3.05. The molecule has 0 aliphatic rings. The summed E-state index contributed by atoms with van der Waals surface area (Å²) >= 11 is 24.9.